The Hall–Kier alpha value is -1.40. The van der Waals surface area contributed by atoms with Crippen molar-refractivity contribution in [2.45, 2.75) is 38.1 Å². The number of carbonyl (C=O) groups is 1. The van der Waals surface area contributed by atoms with Crippen molar-refractivity contribution in [3.8, 4) is 0 Å². The summed E-state index contributed by atoms with van der Waals surface area (Å²) in [6.45, 7) is 0. The van der Waals surface area contributed by atoms with Crippen molar-refractivity contribution in [3.63, 3.8) is 0 Å². The highest BCUT2D eigenvalue weighted by atomic mass is 32.2. The lowest BCUT2D eigenvalue weighted by Gasteiger charge is -2.20. The number of nitrogens with one attached hydrogen (secondary N) is 1. The molecule has 2 rings (SSSR count). The fraction of sp³-hybridized carbons (Fsp3) is 0.533. The first-order valence-corrected chi connectivity index (χ1v) is 9.28. The molecular formula is C15H22N2O3S. The van der Waals surface area contributed by atoms with Gasteiger partial charge in [0.25, 0.3) is 0 Å². The van der Waals surface area contributed by atoms with E-state index >= 15 is 0 Å². The van der Waals surface area contributed by atoms with Gasteiger partial charge in [0.2, 0.25) is 5.91 Å². The van der Waals surface area contributed by atoms with Gasteiger partial charge in [-0.25, -0.2) is 8.42 Å². The molecule has 0 spiro atoms. The molecule has 0 aromatic heterocycles. The molecule has 1 aliphatic carbocycles. The monoisotopic (exact) mass is 310 g/mol. The van der Waals surface area contributed by atoms with Crippen LogP contribution in [0.5, 0.6) is 0 Å². The molecule has 6 heteroatoms. The summed E-state index contributed by atoms with van der Waals surface area (Å²) >= 11 is 0. The van der Waals surface area contributed by atoms with Gasteiger partial charge in [-0.1, -0.05) is 12.1 Å². The average Bonchev–Trinajstić information content (AvgIpc) is 2.44. The first kappa shape index (κ1) is 16.0. The lowest BCUT2D eigenvalue weighted by molar-refractivity contribution is -0.117. The molecule has 1 aliphatic rings. The lowest BCUT2D eigenvalue weighted by atomic mass is 9.90. The predicted octanol–water partition coefficient (Wildman–Crippen LogP) is 1.27. The van der Waals surface area contributed by atoms with Crippen molar-refractivity contribution in [1.29, 1.82) is 0 Å². The van der Waals surface area contributed by atoms with Gasteiger partial charge in [-0.3, -0.25) is 4.79 Å². The topological polar surface area (TPSA) is 89.3 Å². The van der Waals surface area contributed by atoms with Gasteiger partial charge in [0.15, 0.2) is 0 Å². The number of sulfone groups is 1. The maximum Gasteiger partial charge on any atom is 0.241 e. The Morgan fingerprint density at radius 3 is 2.76 bits per heavy atom. The lowest BCUT2D eigenvalue weighted by Crippen LogP contribution is -2.37. The molecule has 1 aromatic rings. The van der Waals surface area contributed by atoms with E-state index in [0.29, 0.717) is 0 Å². The van der Waals surface area contributed by atoms with Gasteiger partial charge >= 0.3 is 0 Å². The van der Waals surface area contributed by atoms with E-state index in [-0.39, 0.29) is 18.1 Å². The Kier molecular flexibility index (Phi) is 5.00. The molecule has 116 valence electrons. The highest BCUT2D eigenvalue weighted by Gasteiger charge is 2.19. The molecular weight excluding hydrogens is 288 g/mol. The normalized spacial score (nSPS) is 16.1. The molecule has 21 heavy (non-hydrogen) atoms. The van der Waals surface area contributed by atoms with E-state index in [1.54, 1.807) is 0 Å². The fourth-order valence-electron chi connectivity index (χ4n) is 2.60. The highest BCUT2D eigenvalue weighted by molar-refractivity contribution is 7.90. The maximum absolute atomic E-state index is 12.1. The van der Waals surface area contributed by atoms with Gasteiger partial charge < -0.3 is 11.1 Å². The van der Waals surface area contributed by atoms with Crippen molar-refractivity contribution in [3.05, 3.63) is 29.3 Å². The van der Waals surface area contributed by atoms with E-state index in [2.05, 4.69) is 11.4 Å². The standard InChI is InChI=1S/C15H22N2O3S/c1-21(19,20)10-9-13(16)15(18)17-14-8-4-6-11-5-2-3-7-12(11)14/h4,6,8,13H,2-3,5,7,9-10,16H2,1H3,(H,17,18). The number of anilines is 1. The zero-order chi connectivity index (χ0) is 15.5. The SMILES string of the molecule is CS(=O)(=O)CCC(N)C(=O)Nc1cccc2c1CCCC2. The van der Waals surface area contributed by atoms with Crippen molar-refractivity contribution in [2.24, 2.45) is 5.73 Å². The van der Waals surface area contributed by atoms with Crippen molar-refractivity contribution >= 4 is 21.4 Å². The molecule has 1 atom stereocenters. The number of benzene rings is 1. The highest BCUT2D eigenvalue weighted by Crippen LogP contribution is 2.27. The van der Waals surface area contributed by atoms with Crippen LogP contribution in [0.15, 0.2) is 18.2 Å². The van der Waals surface area contributed by atoms with Crippen LogP contribution >= 0.6 is 0 Å². The molecule has 0 fully saturated rings. The molecule has 0 saturated carbocycles. The molecule has 0 saturated heterocycles. The van der Waals surface area contributed by atoms with Crippen LogP contribution in [0.1, 0.15) is 30.4 Å². The van der Waals surface area contributed by atoms with E-state index in [1.807, 2.05) is 12.1 Å². The third-order valence-corrected chi connectivity index (χ3v) is 4.77. The predicted molar refractivity (Wildman–Crippen MR) is 84.0 cm³/mol. The maximum atomic E-state index is 12.1. The number of carbonyl (C=O) groups excluding carboxylic acids is 1. The summed E-state index contributed by atoms with van der Waals surface area (Å²) in [6, 6.07) is 5.10. The van der Waals surface area contributed by atoms with Gasteiger partial charge in [0.05, 0.1) is 11.8 Å². The number of fused-ring (bicyclic) bond motifs is 1. The van der Waals surface area contributed by atoms with Crippen molar-refractivity contribution in [1.82, 2.24) is 0 Å². The van der Waals surface area contributed by atoms with Crippen LogP contribution in [0.3, 0.4) is 0 Å². The molecule has 0 radical (unpaired) electrons. The zero-order valence-electron chi connectivity index (χ0n) is 12.3. The summed E-state index contributed by atoms with van der Waals surface area (Å²) in [5.74, 6) is -0.397. The summed E-state index contributed by atoms with van der Waals surface area (Å²) in [6.07, 6.45) is 5.59. The number of amides is 1. The Morgan fingerprint density at radius 1 is 1.33 bits per heavy atom. The quantitative estimate of drug-likeness (QED) is 0.857. The number of hydrogen-bond donors (Lipinski definition) is 2. The van der Waals surface area contributed by atoms with Crippen LogP contribution in [-0.2, 0) is 27.5 Å². The van der Waals surface area contributed by atoms with E-state index in [0.717, 1.165) is 31.2 Å². The number of hydrogen-bond acceptors (Lipinski definition) is 4. The van der Waals surface area contributed by atoms with Crippen LogP contribution in [0.25, 0.3) is 0 Å². The third-order valence-electron chi connectivity index (χ3n) is 3.79. The largest absolute Gasteiger partial charge is 0.324 e. The Balaban J connectivity index is 2.03. The molecule has 1 unspecified atom stereocenters. The van der Waals surface area contributed by atoms with E-state index in [9.17, 15) is 13.2 Å². The second-order valence-electron chi connectivity index (χ2n) is 5.66. The zero-order valence-corrected chi connectivity index (χ0v) is 13.1. The molecule has 3 N–H and O–H groups in total. The molecule has 0 aliphatic heterocycles. The number of nitrogens with two attached hydrogens (primary N) is 1. The van der Waals surface area contributed by atoms with Crippen LogP contribution < -0.4 is 11.1 Å². The summed E-state index contributed by atoms with van der Waals surface area (Å²) in [4.78, 5) is 12.1. The second kappa shape index (κ2) is 6.58. The number of aryl methyl sites for hydroxylation is 1. The molecule has 1 aromatic carbocycles. The summed E-state index contributed by atoms with van der Waals surface area (Å²) < 4.78 is 22.2. The summed E-state index contributed by atoms with van der Waals surface area (Å²) in [5, 5.41) is 2.85. The minimum absolute atomic E-state index is 0.0749. The Labute approximate surface area is 125 Å². The summed E-state index contributed by atoms with van der Waals surface area (Å²) in [7, 11) is -3.10. The minimum atomic E-state index is -3.10. The minimum Gasteiger partial charge on any atom is -0.324 e. The molecule has 0 heterocycles. The first-order valence-electron chi connectivity index (χ1n) is 7.22. The van der Waals surface area contributed by atoms with Crippen LogP contribution in [-0.4, -0.2) is 32.4 Å². The van der Waals surface area contributed by atoms with Crippen molar-refractivity contribution < 1.29 is 13.2 Å². The molecule has 0 bridgehead atoms. The Morgan fingerprint density at radius 2 is 2.05 bits per heavy atom. The van der Waals surface area contributed by atoms with Crippen LogP contribution in [0.4, 0.5) is 5.69 Å². The van der Waals surface area contributed by atoms with Gasteiger partial charge in [-0.05, 0) is 49.3 Å². The average molecular weight is 310 g/mol. The van der Waals surface area contributed by atoms with E-state index in [4.69, 9.17) is 5.73 Å². The molecule has 1 amide bonds. The third kappa shape index (κ3) is 4.54. The fourth-order valence-corrected chi connectivity index (χ4v) is 3.28. The van der Waals surface area contributed by atoms with Crippen molar-refractivity contribution in [2.75, 3.05) is 17.3 Å². The smallest absolute Gasteiger partial charge is 0.241 e. The Bertz CT molecular complexity index is 626. The van der Waals surface area contributed by atoms with Gasteiger partial charge in [0.1, 0.15) is 9.84 Å². The van der Waals surface area contributed by atoms with E-state index in [1.165, 1.54) is 17.5 Å². The van der Waals surface area contributed by atoms with Gasteiger partial charge in [0, 0.05) is 11.9 Å². The van der Waals surface area contributed by atoms with Crippen LogP contribution in [0.2, 0.25) is 0 Å². The second-order valence-corrected chi connectivity index (χ2v) is 7.92. The van der Waals surface area contributed by atoms with Gasteiger partial charge in [-0.2, -0.15) is 0 Å². The van der Waals surface area contributed by atoms with E-state index < -0.39 is 15.9 Å². The van der Waals surface area contributed by atoms with Crippen LogP contribution in [0, 0.1) is 0 Å². The number of rotatable bonds is 5. The first-order chi connectivity index (χ1) is 9.87. The van der Waals surface area contributed by atoms with Gasteiger partial charge in [-0.15, -0.1) is 0 Å². The summed E-state index contributed by atoms with van der Waals surface area (Å²) in [5.41, 5.74) is 9.05. The molecule has 5 nitrogen and oxygen atoms in total.